The van der Waals surface area contributed by atoms with Crippen LogP contribution >= 0.6 is 35.3 Å². The number of thiophene rings is 1. The summed E-state index contributed by atoms with van der Waals surface area (Å²) in [5, 5.41) is 7.72. The highest BCUT2D eigenvalue weighted by atomic mass is 127. The lowest BCUT2D eigenvalue weighted by Gasteiger charge is -2.37. The number of piperazine rings is 1. The number of aromatic nitrogens is 2. The molecule has 1 N–H and O–H groups in total. The molecule has 0 spiro atoms. The van der Waals surface area contributed by atoms with Crippen LogP contribution in [0.3, 0.4) is 0 Å². The van der Waals surface area contributed by atoms with E-state index in [-0.39, 0.29) is 35.9 Å². The molecule has 0 radical (unpaired) electrons. The van der Waals surface area contributed by atoms with Crippen LogP contribution in [0.25, 0.3) is 0 Å². The highest BCUT2D eigenvalue weighted by molar-refractivity contribution is 14.0. The van der Waals surface area contributed by atoms with Gasteiger partial charge in [-0.15, -0.1) is 35.3 Å². The molecule has 2 aromatic heterocycles. The molecule has 0 aliphatic carbocycles. The molecule has 4 heterocycles. The lowest BCUT2D eigenvalue weighted by Crippen LogP contribution is -2.56. The average molecular weight is 574 g/mol. The van der Waals surface area contributed by atoms with Gasteiger partial charge in [0.05, 0.1) is 31.1 Å². The van der Waals surface area contributed by atoms with E-state index < -0.39 is 0 Å². The number of hydrogen-bond acceptors (Lipinski definition) is 6. The van der Waals surface area contributed by atoms with Gasteiger partial charge in [0.15, 0.2) is 5.96 Å². The molecule has 32 heavy (non-hydrogen) atoms. The van der Waals surface area contributed by atoms with Crippen LogP contribution in [0.1, 0.15) is 15.8 Å². The van der Waals surface area contributed by atoms with Crippen molar-refractivity contribution in [1.82, 2.24) is 24.9 Å². The molecule has 2 fully saturated rings. The quantitative estimate of drug-likeness (QED) is 0.334. The summed E-state index contributed by atoms with van der Waals surface area (Å²) in [6, 6.07) is 4.66. The molecule has 2 saturated heterocycles. The van der Waals surface area contributed by atoms with Gasteiger partial charge < -0.3 is 19.9 Å². The molecule has 0 aromatic carbocycles. The number of nitrogens with zero attached hydrogens (tertiary/aromatic N) is 6. The van der Waals surface area contributed by atoms with Crippen LogP contribution in [0.15, 0.2) is 29.5 Å². The maximum atomic E-state index is 12.8. The highest BCUT2D eigenvalue weighted by Crippen LogP contribution is 2.28. The van der Waals surface area contributed by atoms with E-state index in [1.807, 2.05) is 29.5 Å². The van der Waals surface area contributed by atoms with E-state index in [0.29, 0.717) is 13.1 Å². The molecular weight excluding hydrogens is 541 g/mol. The molecule has 0 saturated carbocycles. The Labute approximate surface area is 210 Å². The van der Waals surface area contributed by atoms with Crippen LogP contribution in [-0.4, -0.2) is 91.0 Å². The lowest BCUT2D eigenvalue weighted by atomic mass is 10.2. The summed E-state index contributed by atoms with van der Waals surface area (Å²) in [6.45, 7) is 7.89. The van der Waals surface area contributed by atoms with Gasteiger partial charge in [0, 0.05) is 62.8 Å². The van der Waals surface area contributed by atoms with E-state index in [2.05, 4.69) is 39.4 Å². The number of ether oxygens (including phenoxy) is 1. The summed E-state index contributed by atoms with van der Waals surface area (Å²) in [5.74, 6) is 0.825. The van der Waals surface area contributed by atoms with E-state index >= 15 is 0 Å². The molecule has 1 unspecified atom stereocenters. The van der Waals surface area contributed by atoms with Gasteiger partial charge in [-0.1, -0.05) is 0 Å². The number of anilines is 1. The van der Waals surface area contributed by atoms with Gasteiger partial charge in [-0.05, 0) is 19.1 Å². The molecular formula is C21H32IN7O2S. The van der Waals surface area contributed by atoms with E-state index in [9.17, 15) is 4.79 Å². The fourth-order valence-electron chi connectivity index (χ4n) is 4.13. The third-order valence-electron chi connectivity index (χ3n) is 5.76. The third-order valence-corrected chi connectivity index (χ3v) is 6.87. The van der Waals surface area contributed by atoms with Crippen molar-refractivity contribution in [2.45, 2.75) is 13.0 Å². The first-order valence-electron chi connectivity index (χ1n) is 10.7. The van der Waals surface area contributed by atoms with Crippen molar-refractivity contribution in [1.29, 1.82) is 0 Å². The van der Waals surface area contributed by atoms with Crippen molar-refractivity contribution in [2.24, 2.45) is 12.0 Å². The van der Waals surface area contributed by atoms with Crippen LogP contribution in [-0.2, 0) is 16.6 Å². The standard InChI is InChI=1S/C21H31N7O2S.HI/c1-16-4-5-19(31-16)18(26-8-10-30-11-9-26)13-23-21(22-2)27-6-7-28(20(29)15-27)17-12-24-25(3)14-17;/h4-5,12,14,18H,6-11,13,15H2,1-3H3,(H,22,23);1H. The maximum Gasteiger partial charge on any atom is 0.246 e. The molecule has 2 aliphatic heterocycles. The maximum absolute atomic E-state index is 12.8. The van der Waals surface area contributed by atoms with Crippen molar-refractivity contribution >= 4 is 52.9 Å². The van der Waals surface area contributed by atoms with Gasteiger partial charge in [0.1, 0.15) is 6.54 Å². The predicted octanol–water partition coefficient (Wildman–Crippen LogP) is 1.71. The number of guanidine groups is 1. The number of aryl methyl sites for hydroxylation is 2. The molecule has 0 bridgehead atoms. The van der Waals surface area contributed by atoms with Gasteiger partial charge in [0.2, 0.25) is 5.91 Å². The van der Waals surface area contributed by atoms with Gasteiger partial charge in [-0.2, -0.15) is 5.10 Å². The zero-order chi connectivity index (χ0) is 21.8. The minimum atomic E-state index is 0. The fraction of sp³-hybridized carbons (Fsp3) is 0.571. The summed E-state index contributed by atoms with van der Waals surface area (Å²) in [4.78, 5) is 26.2. The minimum Gasteiger partial charge on any atom is -0.379 e. The number of nitrogens with one attached hydrogen (secondary N) is 1. The Morgan fingerprint density at radius 2 is 2.06 bits per heavy atom. The lowest BCUT2D eigenvalue weighted by molar-refractivity contribution is -0.120. The van der Waals surface area contributed by atoms with E-state index in [1.165, 1.54) is 9.75 Å². The Morgan fingerprint density at radius 1 is 1.28 bits per heavy atom. The SMILES string of the molecule is CN=C(NCC(c1ccc(C)s1)N1CCOCC1)N1CCN(c2cnn(C)c2)C(=O)C1.I. The zero-order valence-electron chi connectivity index (χ0n) is 18.9. The Balaban J connectivity index is 0.00000289. The average Bonchev–Trinajstić information content (AvgIpc) is 3.40. The summed E-state index contributed by atoms with van der Waals surface area (Å²) in [7, 11) is 3.63. The largest absolute Gasteiger partial charge is 0.379 e. The van der Waals surface area contributed by atoms with Crippen molar-refractivity contribution in [2.75, 3.05) is 64.4 Å². The Hall–Kier alpha value is -1.70. The molecule has 9 nitrogen and oxygen atoms in total. The van der Waals surface area contributed by atoms with Gasteiger partial charge in [-0.25, -0.2) is 0 Å². The number of halogens is 1. The monoisotopic (exact) mass is 573 g/mol. The van der Waals surface area contributed by atoms with Crippen LogP contribution < -0.4 is 10.2 Å². The molecule has 11 heteroatoms. The van der Waals surface area contributed by atoms with Crippen molar-refractivity contribution in [3.8, 4) is 0 Å². The topological polar surface area (TPSA) is 78.2 Å². The molecule has 4 rings (SSSR count). The van der Waals surface area contributed by atoms with Crippen molar-refractivity contribution in [3.63, 3.8) is 0 Å². The number of carbonyl (C=O) groups is 1. The first-order valence-corrected chi connectivity index (χ1v) is 11.5. The minimum absolute atomic E-state index is 0. The second kappa shape index (κ2) is 11.4. The first-order chi connectivity index (χ1) is 15.0. The summed E-state index contributed by atoms with van der Waals surface area (Å²) >= 11 is 1.84. The second-order valence-corrected chi connectivity index (χ2v) is 9.20. The van der Waals surface area contributed by atoms with Gasteiger partial charge in [0.25, 0.3) is 0 Å². The normalized spacial score (nSPS) is 19.1. The molecule has 2 aliphatic rings. The van der Waals surface area contributed by atoms with E-state index in [4.69, 9.17) is 4.74 Å². The van der Waals surface area contributed by atoms with E-state index in [1.54, 1.807) is 22.8 Å². The van der Waals surface area contributed by atoms with E-state index in [0.717, 1.165) is 51.0 Å². The zero-order valence-corrected chi connectivity index (χ0v) is 22.0. The van der Waals surface area contributed by atoms with Crippen molar-refractivity contribution < 1.29 is 9.53 Å². The predicted molar refractivity (Wildman–Crippen MR) is 138 cm³/mol. The number of amides is 1. The Morgan fingerprint density at radius 3 is 2.66 bits per heavy atom. The Kier molecular flexibility index (Phi) is 8.91. The number of rotatable bonds is 5. The molecule has 1 atom stereocenters. The van der Waals surface area contributed by atoms with Crippen molar-refractivity contribution in [3.05, 3.63) is 34.3 Å². The summed E-state index contributed by atoms with van der Waals surface area (Å²) < 4.78 is 7.27. The van der Waals surface area contributed by atoms with Gasteiger partial charge in [-0.3, -0.25) is 19.4 Å². The first kappa shape index (κ1) is 24.9. The number of carbonyl (C=O) groups excluding carboxylic acids is 1. The number of aliphatic imine (C=N–C) groups is 1. The highest BCUT2D eigenvalue weighted by Gasteiger charge is 2.29. The Bertz CT molecular complexity index is 925. The third kappa shape index (κ3) is 5.80. The second-order valence-electron chi connectivity index (χ2n) is 7.88. The van der Waals surface area contributed by atoms with Crippen LogP contribution in [0.4, 0.5) is 5.69 Å². The molecule has 2 aromatic rings. The number of hydrogen-bond donors (Lipinski definition) is 1. The molecule has 1 amide bonds. The van der Waals surface area contributed by atoms with Gasteiger partial charge >= 0.3 is 0 Å². The summed E-state index contributed by atoms with van der Waals surface area (Å²) in [5.41, 5.74) is 0.843. The van der Waals surface area contributed by atoms with Crippen LogP contribution in [0, 0.1) is 6.92 Å². The summed E-state index contributed by atoms with van der Waals surface area (Å²) in [6.07, 6.45) is 3.60. The van der Waals surface area contributed by atoms with Crippen LogP contribution in [0.5, 0.6) is 0 Å². The smallest absolute Gasteiger partial charge is 0.246 e. The van der Waals surface area contributed by atoms with Crippen LogP contribution in [0.2, 0.25) is 0 Å². The number of morpholine rings is 1. The molecule has 176 valence electrons. The fourth-order valence-corrected chi connectivity index (χ4v) is 5.14.